The lowest BCUT2D eigenvalue weighted by atomic mass is 10.0. The predicted molar refractivity (Wildman–Crippen MR) is 161 cm³/mol. The lowest BCUT2D eigenvalue weighted by Gasteiger charge is -2.09. The van der Waals surface area contributed by atoms with Crippen LogP contribution in [0.4, 0.5) is 0 Å². The van der Waals surface area contributed by atoms with Crippen molar-refractivity contribution in [3.8, 4) is 22.6 Å². The first-order chi connectivity index (χ1) is 20.4. The van der Waals surface area contributed by atoms with Crippen LogP contribution in [0.25, 0.3) is 17.2 Å². The quantitative estimate of drug-likeness (QED) is 0.0869. The van der Waals surface area contributed by atoms with Gasteiger partial charge in [0.1, 0.15) is 17.6 Å². The predicted octanol–water partition coefficient (Wildman–Crippen LogP) is 7.35. The van der Waals surface area contributed by atoms with Crippen molar-refractivity contribution in [3.63, 3.8) is 0 Å². The van der Waals surface area contributed by atoms with E-state index in [1.807, 2.05) is 36.4 Å². The van der Waals surface area contributed by atoms with Crippen LogP contribution in [0.2, 0.25) is 0 Å². The van der Waals surface area contributed by atoms with Crippen molar-refractivity contribution in [3.05, 3.63) is 102 Å². The Balaban J connectivity index is 1.16. The van der Waals surface area contributed by atoms with Gasteiger partial charge in [0.05, 0.1) is 18.8 Å². The van der Waals surface area contributed by atoms with Gasteiger partial charge in [0.15, 0.2) is 0 Å². The Hall–Kier alpha value is -4.65. The third kappa shape index (κ3) is 9.20. The smallest absolute Gasteiger partial charge is 0.343 e. The summed E-state index contributed by atoms with van der Waals surface area (Å²) in [5, 5.41) is 0. The Morgan fingerprint density at radius 1 is 0.881 bits per heavy atom. The number of hydrogen-bond acceptors (Lipinski definition) is 7. The maximum Gasteiger partial charge on any atom is 0.343 e. The number of benzene rings is 3. The molecule has 0 amide bonds. The van der Waals surface area contributed by atoms with Crippen molar-refractivity contribution in [1.82, 2.24) is 0 Å². The van der Waals surface area contributed by atoms with Crippen molar-refractivity contribution in [2.45, 2.75) is 51.6 Å². The molecule has 0 aliphatic carbocycles. The molecule has 1 aliphatic rings. The van der Waals surface area contributed by atoms with Gasteiger partial charge >= 0.3 is 17.9 Å². The van der Waals surface area contributed by atoms with Gasteiger partial charge in [0.2, 0.25) is 0 Å². The van der Waals surface area contributed by atoms with E-state index >= 15 is 0 Å². The molecule has 0 N–H and O–H groups in total. The van der Waals surface area contributed by atoms with E-state index in [9.17, 15) is 14.4 Å². The van der Waals surface area contributed by atoms with Crippen LogP contribution in [0.1, 0.15) is 61.4 Å². The number of hydrogen-bond donors (Lipinski definition) is 0. The molecule has 0 radical (unpaired) electrons. The zero-order valence-electron chi connectivity index (χ0n) is 23.9. The van der Waals surface area contributed by atoms with E-state index in [0.717, 1.165) is 48.8 Å². The molecular weight excluding hydrogens is 532 g/mol. The molecule has 0 saturated carbocycles. The van der Waals surface area contributed by atoms with E-state index in [0.29, 0.717) is 42.3 Å². The van der Waals surface area contributed by atoms with E-state index in [1.165, 1.54) is 6.08 Å². The Morgan fingerprint density at radius 3 is 2.17 bits per heavy atom. The molecule has 218 valence electrons. The van der Waals surface area contributed by atoms with Crippen LogP contribution in [0.5, 0.6) is 11.5 Å². The molecule has 3 aromatic rings. The van der Waals surface area contributed by atoms with Crippen LogP contribution >= 0.6 is 0 Å². The van der Waals surface area contributed by atoms with E-state index in [-0.39, 0.29) is 18.0 Å². The van der Waals surface area contributed by atoms with Crippen molar-refractivity contribution in [2.24, 2.45) is 0 Å². The molecule has 1 unspecified atom stereocenters. The third-order valence-corrected chi connectivity index (χ3v) is 6.82. The fourth-order valence-corrected chi connectivity index (χ4v) is 4.52. The highest BCUT2D eigenvalue weighted by molar-refractivity contribution is 5.91. The van der Waals surface area contributed by atoms with E-state index < -0.39 is 5.97 Å². The van der Waals surface area contributed by atoms with Gasteiger partial charge in [0.25, 0.3) is 0 Å². The summed E-state index contributed by atoms with van der Waals surface area (Å²) in [6, 6.07) is 22.0. The Labute approximate surface area is 246 Å². The molecule has 1 heterocycles. The molecule has 7 nitrogen and oxygen atoms in total. The Morgan fingerprint density at radius 2 is 1.52 bits per heavy atom. The van der Waals surface area contributed by atoms with Crippen LogP contribution in [-0.4, -0.2) is 37.2 Å². The number of unbranched alkanes of at least 4 members (excludes halogenated alkanes) is 3. The molecule has 7 heteroatoms. The maximum absolute atomic E-state index is 12.6. The van der Waals surface area contributed by atoms with Gasteiger partial charge in [-0.05, 0) is 85.4 Å². The monoisotopic (exact) mass is 568 g/mol. The summed E-state index contributed by atoms with van der Waals surface area (Å²) < 4.78 is 21.5. The zero-order valence-corrected chi connectivity index (χ0v) is 23.9. The molecule has 1 fully saturated rings. The molecule has 42 heavy (non-hydrogen) atoms. The SMILES string of the molecule is C=C1CC(CCCCCCOc2ccc(C(=O)Oc3ccc(-c4ccc(C=CC(=O)OCC)cc4)cc3)cc2)OC1=O. The lowest BCUT2D eigenvalue weighted by molar-refractivity contribution is -0.139. The van der Waals surface area contributed by atoms with Crippen LogP contribution in [0.3, 0.4) is 0 Å². The number of esters is 3. The van der Waals surface area contributed by atoms with Gasteiger partial charge in [-0.3, -0.25) is 0 Å². The highest BCUT2D eigenvalue weighted by Gasteiger charge is 2.26. The van der Waals surface area contributed by atoms with Crippen molar-refractivity contribution < 1.29 is 33.3 Å². The first-order valence-electron chi connectivity index (χ1n) is 14.3. The second kappa shape index (κ2) is 15.4. The van der Waals surface area contributed by atoms with Crippen molar-refractivity contribution >= 4 is 24.0 Å². The van der Waals surface area contributed by atoms with Crippen LogP contribution in [0.15, 0.2) is 91.0 Å². The van der Waals surface area contributed by atoms with Gasteiger partial charge in [-0.15, -0.1) is 0 Å². The summed E-state index contributed by atoms with van der Waals surface area (Å²) in [6.45, 7) is 6.42. The lowest BCUT2D eigenvalue weighted by Crippen LogP contribution is -2.08. The minimum Gasteiger partial charge on any atom is -0.494 e. The largest absolute Gasteiger partial charge is 0.494 e. The minimum atomic E-state index is -0.441. The molecule has 4 rings (SSSR count). The number of carbonyl (C=O) groups excluding carboxylic acids is 3. The third-order valence-electron chi connectivity index (χ3n) is 6.82. The number of ether oxygens (including phenoxy) is 4. The summed E-state index contributed by atoms with van der Waals surface area (Å²) in [4.78, 5) is 35.5. The number of carbonyl (C=O) groups is 3. The maximum atomic E-state index is 12.6. The van der Waals surface area contributed by atoms with Crippen molar-refractivity contribution in [2.75, 3.05) is 13.2 Å². The normalized spacial score (nSPS) is 14.5. The fourth-order valence-electron chi connectivity index (χ4n) is 4.52. The average Bonchev–Trinajstić information content (AvgIpc) is 3.33. The second-order valence-electron chi connectivity index (χ2n) is 10.0. The first kappa shape index (κ1) is 30.3. The molecular formula is C35H36O7. The molecule has 0 aromatic heterocycles. The second-order valence-corrected chi connectivity index (χ2v) is 10.0. The molecule has 1 atom stereocenters. The molecule has 0 bridgehead atoms. The highest BCUT2D eigenvalue weighted by Crippen LogP contribution is 2.25. The van der Waals surface area contributed by atoms with Crippen molar-refractivity contribution in [1.29, 1.82) is 0 Å². The summed E-state index contributed by atoms with van der Waals surface area (Å²) in [7, 11) is 0. The summed E-state index contributed by atoms with van der Waals surface area (Å²) in [5.41, 5.74) is 3.88. The topological polar surface area (TPSA) is 88.1 Å². The van der Waals surface area contributed by atoms with Crippen LogP contribution < -0.4 is 9.47 Å². The molecule has 1 saturated heterocycles. The standard InChI is InChI=1S/C35H36O7/c1-3-39-33(36)22-11-26-9-12-27(13-10-26)28-14-20-31(21-15-28)41-35(38)29-16-18-30(19-17-29)40-23-7-5-4-6-8-32-24-25(2)34(37)42-32/h9-22,32H,2-8,23-24H2,1H3. The van der Waals surface area contributed by atoms with Crippen LogP contribution in [0, 0.1) is 0 Å². The van der Waals surface area contributed by atoms with Gasteiger partial charge in [-0.1, -0.05) is 55.8 Å². The fraction of sp³-hybridized carbons (Fsp3) is 0.286. The summed E-state index contributed by atoms with van der Waals surface area (Å²) in [5.74, 6) is 0.0884. The van der Waals surface area contributed by atoms with Crippen LogP contribution in [-0.2, 0) is 19.1 Å². The minimum absolute atomic E-state index is 0.0102. The van der Waals surface area contributed by atoms with Gasteiger partial charge < -0.3 is 18.9 Å². The summed E-state index contributed by atoms with van der Waals surface area (Å²) in [6.07, 6.45) is 8.65. The average molecular weight is 569 g/mol. The number of rotatable bonds is 14. The van der Waals surface area contributed by atoms with Gasteiger partial charge in [0, 0.05) is 18.1 Å². The van der Waals surface area contributed by atoms with E-state index in [2.05, 4.69) is 6.58 Å². The Kier molecular flexibility index (Phi) is 11.1. The summed E-state index contributed by atoms with van der Waals surface area (Å²) >= 11 is 0. The Bertz CT molecular complexity index is 1370. The first-order valence-corrected chi connectivity index (χ1v) is 14.3. The van der Waals surface area contributed by atoms with E-state index in [1.54, 1.807) is 49.4 Å². The zero-order chi connectivity index (χ0) is 29.7. The van der Waals surface area contributed by atoms with Gasteiger partial charge in [-0.25, -0.2) is 14.4 Å². The molecule has 0 spiro atoms. The number of cyclic esters (lactones) is 1. The van der Waals surface area contributed by atoms with E-state index in [4.69, 9.17) is 18.9 Å². The molecule has 3 aromatic carbocycles. The molecule has 1 aliphatic heterocycles. The highest BCUT2D eigenvalue weighted by atomic mass is 16.6. The van der Waals surface area contributed by atoms with Gasteiger partial charge in [-0.2, -0.15) is 0 Å².